The van der Waals surface area contributed by atoms with Crippen LogP contribution in [-0.4, -0.2) is 36.1 Å². The first-order valence-corrected chi connectivity index (χ1v) is 9.20. The first-order chi connectivity index (χ1) is 14.0. The lowest BCUT2D eigenvalue weighted by molar-refractivity contribution is 0.120. The molecular formula is C18H17ClF2N8. The van der Waals surface area contributed by atoms with Crippen molar-refractivity contribution in [2.45, 2.75) is 25.3 Å². The Kier molecular flexibility index (Phi) is 5.26. The minimum atomic E-state index is -2.25. The molecular weight excluding hydrogens is 402 g/mol. The first-order valence-electron chi connectivity index (χ1n) is 8.82. The fourth-order valence-electron chi connectivity index (χ4n) is 2.40. The molecule has 4 aromatic rings. The summed E-state index contributed by atoms with van der Waals surface area (Å²) in [5.41, 5.74) is 2.59. The van der Waals surface area contributed by atoms with E-state index < -0.39 is 5.92 Å². The molecule has 29 heavy (non-hydrogen) atoms. The molecule has 0 spiro atoms. The number of aromatic amines is 2. The van der Waals surface area contributed by atoms with Gasteiger partial charge >= 0.3 is 0 Å². The molecule has 0 saturated heterocycles. The van der Waals surface area contributed by atoms with Crippen LogP contribution >= 0.6 is 11.6 Å². The number of nitrogens with one attached hydrogen (secondary N) is 4. The average molecular weight is 419 g/mol. The molecule has 1 aliphatic rings. The number of halogens is 3. The van der Waals surface area contributed by atoms with Crippen LogP contribution < -0.4 is 10.6 Å². The largest absolute Gasteiger partial charge is 0.350 e. The predicted octanol–water partition coefficient (Wildman–Crippen LogP) is 4.50. The van der Waals surface area contributed by atoms with E-state index in [1.165, 1.54) is 0 Å². The van der Waals surface area contributed by atoms with Crippen LogP contribution in [0.3, 0.4) is 0 Å². The summed E-state index contributed by atoms with van der Waals surface area (Å²) in [5.74, 6) is -0.338. The van der Waals surface area contributed by atoms with E-state index in [2.05, 4.69) is 40.8 Å². The number of fused-ring (bicyclic) bond motifs is 1. The maximum absolute atomic E-state index is 11.1. The van der Waals surface area contributed by atoms with E-state index in [1.54, 1.807) is 24.8 Å². The smallest absolute Gasteiger partial charge is 0.248 e. The van der Waals surface area contributed by atoms with Gasteiger partial charge in [-0.1, -0.05) is 17.7 Å². The van der Waals surface area contributed by atoms with Crippen molar-refractivity contribution in [3.8, 4) is 0 Å². The second kappa shape index (κ2) is 8.00. The Morgan fingerprint density at radius 3 is 2.66 bits per heavy atom. The van der Waals surface area contributed by atoms with E-state index in [-0.39, 0.29) is 12.8 Å². The van der Waals surface area contributed by atoms with Gasteiger partial charge in [-0.15, -0.1) is 0 Å². The van der Waals surface area contributed by atoms with Crippen LogP contribution in [0.25, 0.3) is 11.0 Å². The number of hydrogen-bond donors (Lipinski definition) is 4. The van der Waals surface area contributed by atoms with Gasteiger partial charge in [-0.25, -0.2) is 18.7 Å². The topological polar surface area (TPSA) is 107 Å². The molecule has 3 heterocycles. The highest BCUT2D eigenvalue weighted by atomic mass is 35.5. The molecule has 4 N–H and O–H groups in total. The predicted molar refractivity (Wildman–Crippen MR) is 107 cm³/mol. The van der Waals surface area contributed by atoms with E-state index >= 15 is 0 Å². The van der Waals surface area contributed by atoms with E-state index in [0.29, 0.717) is 23.3 Å². The van der Waals surface area contributed by atoms with Crippen LogP contribution in [-0.2, 0) is 6.54 Å². The molecule has 8 nitrogen and oxygen atoms in total. The van der Waals surface area contributed by atoms with Gasteiger partial charge in [0.2, 0.25) is 11.9 Å². The lowest BCUT2D eigenvalue weighted by atomic mass is 10.2. The Labute approximate surface area is 169 Å². The molecule has 0 bridgehead atoms. The fourth-order valence-corrected chi connectivity index (χ4v) is 2.68. The number of nitrogens with zero attached hydrogens (tertiary/aromatic N) is 4. The van der Waals surface area contributed by atoms with Crippen molar-refractivity contribution in [1.29, 1.82) is 0 Å². The second-order valence-electron chi connectivity index (χ2n) is 6.41. The number of hydrogen-bond acceptors (Lipinski definition) is 6. The van der Waals surface area contributed by atoms with Crippen LogP contribution in [0.1, 0.15) is 18.4 Å². The van der Waals surface area contributed by atoms with Crippen molar-refractivity contribution in [1.82, 2.24) is 30.1 Å². The van der Waals surface area contributed by atoms with Crippen molar-refractivity contribution < 1.29 is 8.78 Å². The summed E-state index contributed by atoms with van der Waals surface area (Å²) in [7, 11) is 0. The van der Waals surface area contributed by atoms with Gasteiger partial charge in [0.05, 0.1) is 23.1 Å². The molecule has 1 fully saturated rings. The third-order valence-corrected chi connectivity index (χ3v) is 4.52. The van der Waals surface area contributed by atoms with Gasteiger partial charge in [-0.2, -0.15) is 10.1 Å². The van der Waals surface area contributed by atoms with Gasteiger partial charge in [-0.3, -0.25) is 5.10 Å². The SMILES string of the molecule is Clc1c(CNc2nccc(Nc3ccn[nH]3)n2)ccc2[nH]cnc12.FC1(F)CC1. The summed E-state index contributed by atoms with van der Waals surface area (Å²) in [6.07, 6.45) is 5.20. The van der Waals surface area contributed by atoms with Crippen LogP contribution in [0.15, 0.2) is 43.0 Å². The summed E-state index contributed by atoms with van der Waals surface area (Å²) >= 11 is 6.39. The highest BCUT2D eigenvalue weighted by molar-refractivity contribution is 6.35. The highest BCUT2D eigenvalue weighted by Gasteiger charge is 2.43. The van der Waals surface area contributed by atoms with E-state index in [0.717, 1.165) is 22.4 Å². The standard InChI is InChI=1S/C15H13ClN8.C3H4F2/c16-13-9(1-2-10-14(13)20-8-19-10)7-18-15-17-5-3-11(23-15)22-12-4-6-21-24-12;4-3(5)1-2-3/h1-6,8H,7H2,(H,19,20)(H3,17,18,21,22,23,24);1-2H2. The number of anilines is 3. The zero-order valence-electron chi connectivity index (χ0n) is 15.1. The number of imidazole rings is 1. The summed E-state index contributed by atoms with van der Waals surface area (Å²) in [5, 5.41) is 13.6. The normalized spacial score (nSPS) is 14.2. The molecule has 3 aromatic heterocycles. The molecule has 0 unspecified atom stereocenters. The third-order valence-electron chi connectivity index (χ3n) is 4.09. The Bertz CT molecular complexity index is 1090. The molecule has 11 heteroatoms. The van der Waals surface area contributed by atoms with Crippen molar-refractivity contribution in [2.24, 2.45) is 0 Å². The average Bonchev–Trinajstić information content (AvgIpc) is 3.11. The summed E-state index contributed by atoms with van der Waals surface area (Å²) in [6.45, 7) is 0.495. The fraction of sp³-hybridized carbons (Fsp3) is 0.222. The Hall–Kier alpha value is -3.27. The monoisotopic (exact) mass is 418 g/mol. The lowest BCUT2D eigenvalue weighted by Crippen LogP contribution is -2.05. The molecule has 150 valence electrons. The number of alkyl halides is 2. The number of aromatic nitrogens is 6. The molecule has 1 aliphatic carbocycles. The molecule has 1 saturated carbocycles. The molecule has 0 amide bonds. The van der Waals surface area contributed by atoms with Crippen molar-refractivity contribution in [2.75, 3.05) is 10.6 Å². The summed E-state index contributed by atoms with van der Waals surface area (Å²) in [6, 6.07) is 7.48. The first kappa shape index (κ1) is 19.1. The van der Waals surface area contributed by atoms with Crippen molar-refractivity contribution >= 4 is 40.2 Å². The minimum Gasteiger partial charge on any atom is -0.350 e. The van der Waals surface area contributed by atoms with Gasteiger partial charge in [0.25, 0.3) is 0 Å². The number of rotatable bonds is 5. The van der Waals surface area contributed by atoms with Gasteiger partial charge in [-0.05, 0) is 17.7 Å². The Morgan fingerprint density at radius 1 is 1.10 bits per heavy atom. The van der Waals surface area contributed by atoms with Crippen molar-refractivity contribution in [3.05, 3.63) is 53.6 Å². The molecule has 0 aliphatic heterocycles. The Morgan fingerprint density at radius 2 is 1.93 bits per heavy atom. The van der Waals surface area contributed by atoms with Gasteiger partial charge in [0.1, 0.15) is 17.2 Å². The molecule has 1 aromatic carbocycles. The van der Waals surface area contributed by atoms with Crippen LogP contribution in [0.5, 0.6) is 0 Å². The second-order valence-corrected chi connectivity index (χ2v) is 6.79. The zero-order valence-corrected chi connectivity index (χ0v) is 15.8. The number of benzene rings is 1. The van der Waals surface area contributed by atoms with Gasteiger partial charge in [0.15, 0.2) is 0 Å². The maximum atomic E-state index is 11.1. The number of H-pyrrole nitrogens is 2. The highest BCUT2D eigenvalue weighted by Crippen LogP contribution is 2.40. The van der Waals surface area contributed by atoms with E-state index in [1.807, 2.05) is 18.2 Å². The van der Waals surface area contributed by atoms with Crippen LogP contribution in [0, 0.1) is 0 Å². The van der Waals surface area contributed by atoms with Gasteiger partial charge < -0.3 is 15.6 Å². The summed E-state index contributed by atoms with van der Waals surface area (Å²) < 4.78 is 22.3. The minimum absolute atomic E-state index is 0.118. The Balaban J connectivity index is 0.000000359. The quantitative estimate of drug-likeness (QED) is 0.380. The van der Waals surface area contributed by atoms with Crippen LogP contribution in [0.2, 0.25) is 5.02 Å². The zero-order chi connectivity index (χ0) is 20.3. The van der Waals surface area contributed by atoms with E-state index in [9.17, 15) is 8.78 Å². The third kappa shape index (κ3) is 4.96. The van der Waals surface area contributed by atoms with Crippen LogP contribution in [0.4, 0.5) is 26.4 Å². The van der Waals surface area contributed by atoms with Crippen molar-refractivity contribution in [3.63, 3.8) is 0 Å². The lowest BCUT2D eigenvalue weighted by Gasteiger charge is -2.08. The maximum Gasteiger partial charge on any atom is 0.248 e. The summed E-state index contributed by atoms with van der Waals surface area (Å²) in [4.78, 5) is 15.9. The van der Waals surface area contributed by atoms with E-state index in [4.69, 9.17) is 11.6 Å². The molecule has 0 radical (unpaired) electrons. The molecule has 0 atom stereocenters. The van der Waals surface area contributed by atoms with Gasteiger partial charge in [0, 0.05) is 31.6 Å². The molecule has 5 rings (SSSR count).